The van der Waals surface area contributed by atoms with Gasteiger partial charge >= 0.3 is 0 Å². The number of hydrogen-bond donors (Lipinski definition) is 1. The molecule has 0 spiro atoms. The van der Waals surface area contributed by atoms with Crippen molar-refractivity contribution in [2.45, 2.75) is 6.23 Å². The zero-order valence-corrected chi connectivity index (χ0v) is 5.31. The lowest BCUT2D eigenvalue weighted by Gasteiger charge is -2.13. The van der Waals surface area contributed by atoms with Gasteiger partial charge in [-0.2, -0.15) is 0 Å². The molecule has 0 aliphatic carbocycles. The summed E-state index contributed by atoms with van der Waals surface area (Å²) in [6.45, 7) is 0. The van der Waals surface area contributed by atoms with E-state index in [4.69, 9.17) is 16.7 Å². The van der Waals surface area contributed by atoms with Crippen molar-refractivity contribution >= 4 is 11.6 Å². The summed E-state index contributed by atoms with van der Waals surface area (Å²) in [6.07, 6.45) is -0.498. The van der Waals surface area contributed by atoms with Gasteiger partial charge in [-0.05, 0) is 14.1 Å². The number of hydrogen-bond acceptors (Lipinski definition) is 2. The van der Waals surface area contributed by atoms with Gasteiger partial charge in [-0.1, -0.05) is 0 Å². The fourth-order valence-electron chi connectivity index (χ4n) is 0.138. The zero-order chi connectivity index (χ0) is 5.86. The van der Waals surface area contributed by atoms with Crippen LogP contribution in [0.5, 0.6) is 0 Å². The van der Waals surface area contributed by atoms with E-state index in [1.165, 1.54) is 0 Å². The van der Waals surface area contributed by atoms with Gasteiger partial charge in [-0.25, -0.2) is 0 Å². The van der Waals surface area contributed by atoms with Crippen LogP contribution in [0.3, 0.4) is 0 Å². The van der Waals surface area contributed by atoms with E-state index in [1.807, 2.05) is 0 Å². The van der Waals surface area contributed by atoms with Crippen LogP contribution in [0.4, 0.5) is 0 Å². The molecule has 1 atom stereocenters. The number of aliphatic hydroxyl groups excluding tert-OH is 1. The van der Waals surface area contributed by atoms with Crippen molar-refractivity contribution in [1.29, 1.82) is 0 Å². The molecular formula is C4H10ClNO. The van der Waals surface area contributed by atoms with Crippen LogP contribution in [-0.2, 0) is 0 Å². The summed E-state index contributed by atoms with van der Waals surface area (Å²) in [5, 5.41) is 8.73. The minimum absolute atomic E-state index is 0.271. The molecule has 0 heterocycles. The molecule has 0 aliphatic heterocycles. The minimum atomic E-state index is -0.498. The van der Waals surface area contributed by atoms with Gasteiger partial charge in [0, 0.05) is 0 Å². The van der Waals surface area contributed by atoms with Crippen LogP contribution in [0.1, 0.15) is 0 Å². The number of nitrogens with zero attached hydrogens (tertiary/aromatic N) is 1. The van der Waals surface area contributed by atoms with Crippen LogP contribution < -0.4 is 0 Å². The van der Waals surface area contributed by atoms with Gasteiger partial charge in [-0.3, -0.25) is 4.90 Å². The highest BCUT2D eigenvalue weighted by Gasteiger charge is 2.00. The van der Waals surface area contributed by atoms with Gasteiger partial charge in [0.1, 0.15) is 6.23 Å². The predicted octanol–water partition coefficient (Wildman–Crippen LogP) is 0.105. The molecule has 44 valence electrons. The molecule has 0 saturated heterocycles. The van der Waals surface area contributed by atoms with E-state index in [2.05, 4.69) is 0 Å². The summed E-state index contributed by atoms with van der Waals surface area (Å²) in [5.41, 5.74) is 0. The number of aliphatic hydroxyl groups is 1. The normalized spacial score (nSPS) is 15.0. The van der Waals surface area contributed by atoms with E-state index in [0.717, 1.165) is 0 Å². The maximum absolute atomic E-state index is 8.73. The average Bonchev–Trinajstić information content (AvgIpc) is 1.65. The minimum Gasteiger partial charge on any atom is -0.377 e. The van der Waals surface area contributed by atoms with Crippen LogP contribution in [0.25, 0.3) is 0 Å². The van der Waals surface area contributed by atoms with E-state index in [1.54, 1.807) is 19.0 Å². The van der Waals surface area contributed by atoms with Gasteiger partial charge in [0.05, 0.1) is 5.88 Å². The van der Waals surface area contributed by atoms with E-state index in [-0.39, 0.29) is 5.88 Å². The second kappa shape index (κ2) is 3.24. The molecule has 0 aromatic heterocycles. The molecule has 0 aromatic carbocycles. The van der Waals surface area contributed by atoms with Gasteiger partial charge in [-0.15, -0.1) is 11.6 Å². The first-order valence-corrected chi connectivity index (χ1v) is 2.62. The number of halogens is 1. The molecule has 0 amide bonds. The van der Waals surface area contributed by atoms with Crippen LogP contribution in [0.2, 0.25) is 0 Å². The summed E-state index contributed by atoms with van der Waals surface area (Å²) in [4.78, 5) is 1.65. The van der Waals surface area contributed by atoms with E-state index >= 15 is 0 Å². The van der Waals surface area contributed by atoms with Gasteiger partial charge in [0.2, 0.25) is 0 Å². The second-order valence-electron chi connectivity index (χ2n) is 1.60. The third-order valence-electron chi connectivity index (χ3n) is 0.734. The fraction of sp³-hybridized carbons (Fsp3) is 1.00. The summed E-state index contributed by atoms with van der Waals surface area (Å²) in [5.74, 6) is 0.271. The first-order chi connectivity index (χ1) is 3.18. The zero-order valence-electron chi connectivity index (χ0n) is 4.56. The summed E-state index contributed by atoms with van der Waals surface area (Å²) in [6, 6.07) is 0. The second-order valence-corrected chi connectivity index (χ2v) is 1.91. The van der Waals surface area contributed by atoms with Crippen molar-refractivity contribution in [2.75, 3.05) is 20.0 Å². The van der Waals surface area contributed by atoms with Crippen LogP contribution in [-0.4, -0.2) is 36.2 Å². The maximum Gasteiger partial charge on any atom is 0.120 e. The summed E-state index contributed by atoms with van der Waals surface area (Å²) >= 11 is 5.26. The Hall–Kier alpha value is 0.210. The topological polar surface area (TPSA) is 23.5 Å². The van der Waals surface area contributed by atoms with Gasteiger partial charge in [0.15, 0.2) is 0 Å². The quantitative estimate of drug-likeness (QED) is 0.416. The first kappa shape index (κ1) is 7.21. The highest BCUT2D eigenvalue weighted by Crippen LogP contribution is 1.88. The van der Waals surface area contributed by atoms with Crippen molar-refractivity contribution in [2.24, 2.45) is 0 Å². The average molecular weight is 124 g/mol. The lowest BCUT2D eigenvalue weighted by atomic mass is 10.6. The van der Waals surface area contributed by atoms with E-state index in [0.29, 0.717) is 0 Å². The lowest BCUT2D eigenvalue weighted by Crippen LogP contribution is -2.28. The van der Waals surface area contributed by atoms with Crippen LogP contribution in [0.15, 0.2) is 0 Å². The van der Waals surface area contributed by atoms with Crippen LogP contribution in [0, 0.1) is 0 Å². The smallest absolute Gasteiger partial charge is 0.120 e. The summed E-state index contributed by atoms with van der Waals surface area (Å²) < 4.78 is 0. The predicted molar refractivity (Wildman–Crippen MR) is 30.4 cm³/mol. The Kier molecular flexibility index (Phi) is 3.34. The van der Waals surface area contributed by atoms with E-state index in [9.17, 15) is 0 Å². The Morgan fingerprint density at radius 1 is 1.71 bits per heavy atom. The molecule has 0 aliphatic rings. The SMILES string of the molecule is CN(C)C(O)CCl. The summed E-state index contributed by atoms with van der Waals surface area (Å²) in [7, 11) is 3.54. The third-order valence-corrected chi connectivity index (χ3v) is 1.01. The third kappa shape index (κ3) is 2.85. The highest BCUT2D eigenvalue weighted by molar-refractivity contribution is 6.18. The molecular weight excluding hydrogens is 114 g/mol. The molecule has 0 saturated carbocycles. The molecule has 2 nitrogen and oxygen atoms in total. The fourth-order valence-corrected chi connectivity index (χ4v) is 0.414. The molecule has 1 unspecified atom stereocenters. The molecule has 0 radical (unpaired) electrons. The molecule has 0 rings (SSSR count). The van der Waals surface area contributed by atoms with Crippen molar-refractivity contribution in [3.63, 3.8) is 0 Å². The van der Waals surface area contributed by atoms with Crippen molar-refractivity contribution in [3.8, 4) is 0 Å². The Balaban J connectivity index is 3.14. The largest absolute Gasteiger partial charge is 0.377 e. The highest BCUT2D eigenvalue weighted by atomic mass is 35.5. The monoisotopic (exact) mass is 123 g/mol. The molecule has 0 fully saturated rings. The Morgan fingerprint density at radius 3 is 2.14 bits per heavy atom. The Labute approximate surface area is 48.7 Å². The molecule has 3 heteroatoms. The Morgan fingerprint density at radius 2 is 2.14 bits per heavy atom. The molecule has 0 aromatic rings. The van der Waals surface area contributed by atoms with Crippen molar-refractivity contribution in [1.82, 2.24) is 4.90 Å². The van der Waals surface area contributed by atoms with Gasteiger partial charge in [0.25, 0.3) is 0 Å². The standard InChI is InChI=1S/C4H10ClNO/c1-6(2)4(7)3-5/h4,7H,3H2,1-2H3. The Bertz CT molecular complexity index is 49.0. The van der Waals surface area contributed by atoms with Crippen LogP contribution >= 0.6 is 11.6 Å². The first-order valence-electron chi connectivity index (χ1n) is 2.09. The molecule has 0 bridgehead atoms. The molecule has 1 N–H and O–H groups in total. The lowest BCUT2D eigenvalue weighted by molar-refractivity contribution is 0.0609. The van der Waals surface area contributed by atoms with E-state index < -0.39 is 6.23 Å². The molecule has 7 heavy (non-hydrogen) atoms. The van der Waals surface area contributed by atoms with Gasteiger partial charge < -0.3 is 5.11 Å². The number of alkyl halides is 1. The maximum atomic E-state index is 8.73. The van der Waals surface area contributed by atoms with Crippen molar-refractivity contribution < 1.29 is 5.11 Å². The number of rotatable bonds is 2. The van der Waals surface area contributed by atoms with Crippen molar-refractivity contribution in [3.05, 3.63) is 0 Å².